The maximum atomic E-state index is 8.93. The second-order valence-electron chi connectivity index (χ2n) is 3.90. The molecule has 1 fully saturated rings. The molecule has 1 aromatic rings. The number of hydrogen-bond acceptors (Lipinski definition) is 4. The molecule has 0 spiro atoms. The van der Waals surface area contributed by atoms with Crippen LogP contribution in [0.5, 0.6) is 5.75 Å². The molecule has 2 N–H and O–H groups in total. The van der Waals surface area contributed by atoms with Crippen LogP contribution in [0.1, 0.15) is 12.8 Å². The summed E-state index contributed by atoms with van der Waals surface area (Å²) < 4.78 is 11.0. The van der Waals surface area contributed by atoms with E-state index in [1.54, 1.807) is 24.3 Å². The zero-order valence-electron chi connectivity index (χ0n) is 9.00. The average molecular weight is 222 g/mol. The minimum absolute atomic E-state index is 0.110. The van der Waals surface area contributed by atoms with Gasteiger partial charge < -0.3 is 19.5 Å². The van der Waals surface area contributed by atoms with Gasteiger partial charge in [0.2, 0.25) is 0 Å². The summed E-state index contributed by atoms with van der Waals surface area (Å²) in [6.07, 6.45) is 2.14. The second kappa shape index (κ2) is 5.34. The summed E-state index contributed by atoms with van der Waals surface area (Å²) in [6, 6.07) is 6.76. The Morgan fingerprint density at radius 3 is 2.56 bits per heavy atom. The predicted octanol–water partition coefficient (Wildman–Crippen LogP) is -0.0758. The Hall–Kier alpha value is -1.04. The molecular formula is C11H15BO4. The standard InChI is InChI=1S/C11H15BO4/c13-12(14)9-3-5-10(6-4-9)16-11-2-1-7-15-8-11/h3-6,11,13-14H,1-2,7-8H2. The molecule has 2 rings (SSSR count). The van der Waals surface area contributed by atoms with Gasteiger partial charge in [-0.2, -0.15) is 0 Å². The third-order valence-corrected chi connectivity index (χ3v) is 2.60. The van der Waals surface area contributed by atoms with E-state index in [2.05, 4.69) is 0 Å². The molecule has 0 bridgehead atoms. The smallest absolute Gasteiger partial charge is 0.488 e. The molecule has 0 saturated carbocycles. The normalized spacial score (nSPS) is 20.5. The number of benzene rings is 1. The highest BCUT2D eigenvalue weighted by molar-refractivity contribution is 6.58. The summed E-state index contributed by atoms with van der Waals surface area (Å²) in [5.74, 6) is 0.736. The predicted molar refractivity (Wildman–Crippen MR) is 60.7 cm³/mol. The van der Waals surface area contributed by atoms with E-state index >= 15 is 0 Å². The third-order valence-electron chi connectivity index (χ3n) is 2.60. The quantitative estimate of drug-likeness (QED) is 0.702. The van der Waals surface area contributed by atoms with Crippen molar-refractivity contribution in [1.29, 1.82) is 0 Å². The van der Waals surface area contributed by atoms with Gasteiger partial charge in [-0.05, 0) is 30.4 Å². The summed E-state index contributed by atoms with van der Waals surface area (Å²) in [5.41, 5.74) is 0.465. The summed E-state index contributed by atoms with van der Waals surface area (Å²) in [5, 5.41) is 17.9. The molecule has 1 unspecified atom stereocenters. The second-order valence-corrected chi connectivity index (χ2v) is 3.90. The summed E-state index contributed by atoms with van der Waals surface area (Å²) >= 11 is 0. The van der Waals surface area contributed by atoms with Crippen molar-refractivity contribution in [3.8, 4) is 5.75 Å². The topological polar surface area (TPSA) is 58.9 Å². The van der Waals surface area contributed by atoms with Gasteiger partial charge in [0.25, 0.3) is 0 Å². The Bertz CT molecular complexity index is 319. The number of rotatable bonds is 3. The van der Waals surface area contributed by atoms with Crippen LogP contribution < -0.4 is 10.2 Å². The van der Waals surface area contributed by atoms with E-state index in [1.807, 2.05) is 0 Å². The first kappa shape index (κ1) is 11.5. The first-order chi connectivity index (χ1) is 7.75. The summed E-state index contributed by atoms with van der Waals surface area (Å²) in [7, 11) is -1.42. The summed E-state index contributed by atoms with van der Waals surface area (Å²) in [6.45, 7) is 1.44. The van der Waals surface area contributed by atoms with Crippen molar-refractivity contribution in [2.45, 2.75) is 18.9 Å². The third kappa shape index (κ3) is 2.98. The lowest BCUT2D eigenvalue weighted by atomic mass is 9.80. The molecule has 1 aliphatic heterocycles. The number of ether oxygens (including phenoxy) is 2. The molecule has 1 aliphatic rings. The van der Waals surface area contributed by atoms with Gasteiger partial charge in [-0.15, -0.1) is 0 Å². The molecular weight excluding hydrogens is 207 g/mol. The van der Waals surface area contributed by atoms with Crippen LogP contribution in [0.25, 0.3) is 0 Å². The molecule has 0 aliphatic carbocycles. The van der Waals surface area contributed by atoms with Crippen LogP contribution in [-0.2, 0) is 4.74 Å². The van der Waals surface area contributed by atoms with Crippen LogP contribution in [0.4, 0.5) is 0 Å². The van der Waals surface area contributed by atoms with Crippen LogP contribution >= 0.6 is 0 Å². The Labute approximate surface area is 95.0 Å². The van der Waals surface area contributed by atoms with Gasteiger partial charge >= 0.3 is 7.12 Å². The van der Waals surface area contributed by atoms with Crippen LogP contribution in [0, 0.1) is 0 Å². The Morgan fingerprint density at radius 1 is 1.25 bits per heavy atom. The van der Waals surface area contributed by atoms with E-state index in [4.69, 9.17) is 19.5 Å². The molecule has 1 atom stereocenters. The van der Waals surface area contributed by atoms with Crippen molar-refractivity contribution in [2.75, 3.05) is 13.2 Å². The van der Waals surface area contributed by atoms with E-state index in [9.17, 15) is 0 Å². The fourth-order valence-electron chi connectivity index (χ4n) is 1.72. The average Bonchev–Trinajstić information content (AvgIpc) is 2.31. The van der Waals surface area contributed by atoms with E-state index in [0.29, 0.717) is 12.1 Å². The first-order valence-corrected chi connectivity index (χ1v) is 5.46. The highest BCUT2D eigenvalue weighted by Gasteiger charge is 2.16. The summed E-state index contributed by atoms with van der Waals surface area (Å²) in [4.78, 5) is 0. The van der Waals surface area contributed by atoms with Gasteiger partial charge in [0.15, 0.2) is 0 Å². The Morgan fingerprint density at radius 2 is 2.00 bits per heavy atom. The van der Waals surface area contributed by atoms with Crippen molar-refractivity contribution in [3.05, 3.63) is 24.3 Å². The Balaban J connectivity index is 1.93. The maximum Gasteiger partial charge on any atom is 0.488 e. The lowest BCUT2D eigenvalue weighted by Gasteiger charge is -2.23. The van der Waals surface area contributed by atoms with Gasteiger partial charge in [0, 0.05) is 6.61 Å². The van der Waals surface area contributed by atoms with Crippen molar-refractivity contribution in [2.24, 2.45) is 0 Å². The van der Waals surface area contributed by atoms with Crippen molar-refractivity contribution in [1.82, 2.24) is 0 Å². The van der Waals surface area contributed by atoms with E-state index in [0.717, 1.165) is 25.2 Å². The lowest BCUT2D eigenvalue weighted by molar-refractivity contribution is 0.00744. The van der Waals surface area contributed by atoms with Crippen molar-refractivity contribution in [3.63, 3.8) is 0 Å². The minimum atomic E-state index is -1.42. The molecule has 1 aromatic carbocycles. The van der Waals surface area contributed by atoms with Crippen LogP contribution in [0.15, 0.2) is 24.3 Å². The van der Waals surface area contributed by atoms with Gasteiger partial charge in [0.1, 0.15) is 11.9 Å². The highest BCUT2D eigenvalue weighted by atomic mass is 16.5. The van der Waals surface area contributed by atoms with Crippen LogP contribution in [0.2, 0.25) is 0 Å². The number of hydrogen-bond donors (Lipinski definition) is 2. The fourth-order valence-corrected chi connectivity index (χ4v) is 1.72. The monoisotopic (exact) mass is 222 g/mol. The fraction of sp³-hybridized carbons (Fsp3) is 0.455. The first-order valence-electron chi connectivity index (χ1n) is 5.46. The molecule has 0 amide bonds. The molecule has 1 heterocycles. The van der Waals surface area contributed by atoms with Crippen molar-refractivity contribution < 1.29 is 19.5 Å². The van der Waals surface area contributed by atoms with Gasteiger partial charge in [-0.1, -0.05) is 12.1 Å². The molecule has 1 saturated heterocycles. The molecule has 0 radical (unpaired) electrons. The Kier molecular flexibility index (Phi) is 3.82. The molecule has 5 heteroatoms. The van der Waals surface area contributed by atoms with Crippen molar-refractivity contribution >= 4 is 12.6 Å². The minimum Gasteiger partial charge on any atom is -0.488 e. The van der Waals surface area contributed by atoms with E-state index in [1.165, 1.54) is 0 Å². The molecule has 4 nitrogen and oxygen atoms in total. The van der Waals surface area contributed by atoms with Crippen LogP contribution in [0.3, 0.4) is 0 Å². The largest absolute Gasteiger partial charge is 0.488 e. The van der Waals surface area contributed by atoms with Gasteiger partial charge in [-0.3, -0.25) is 0 Å². The lowest BCUT2D eigenvalue weighted by Crippen LogP contribution is -2.30. The zero-order valence-corrected chi connectivity index (χ0v) is 9.00. The molecule has 16 heavy (non-hydrogen) atoms. The van der Waals surface area contributed by atoms with Gasteiger partial charge in [-0.25, -0.2) is 0 Å². The maximum absolute atomic E-state index is 8.93. The van der Waals surface area contributed by atoms with E-state index < -0.39 is 7.12 Å². The highest BCUT2D eigenvalue weighted by Crippen LogP contribution is 2.15. The van der Waals surface area contributed by atoms with E-state index in [-0.39, 0.29) is 6.10 Å². The molecule has 86 valence electrons. The molecule has 0 aromatic heterocycles. The van der Waals surface area contributed by atoms with Gasteiger partial charge in [0.05, 0.1) is 6.61 Å². The van der Waals surface area contributed by atoms with Crippen LogP contribution in [-0.4, -0.2) is 36.5 Å². The zero-order chi connectivity index (χ0) is 11.4. The SMILES string of the molecule is OB(O)c1ccc(OC2CCCOC2)cc1.